The molecule has 0 aliphatic heterocycles. The summed E-state index contributed by atoms with van der Waals surface area (Å²) < 4.78 is 16.8. The van der Waals surface area contributed by atoms with Gasteiger partial charge in [-0.25, -0.2) is 0 Å². The van der Waals surface area contributed by atoms with E-state index in [-0.39, 0.29) is 37.5 Å². The van der Waals surface area contributed by atoms with Crippen LogP contribution in [0.15, 0.2) is 85.1 Å². The number of esters is 3. The third-order valence-corrected chi connectivity index (χ3v) is 15.4. The number of carbonyl (C=O) groups is 3. The van der Waals surface area contributed by atoms with Gasteiger partial charge < -0.3 is 14.2 Å². The third kappa shape index (κ3) is 67.3. The summed E-state index contributed by atoms with van der Waals surface area (Å²) in [7, 11) is 0. The lowest BCUT2D eigenvalue weighted by molar-refractivity contribution is -0.167. The molecule has 0 fully saturated rings. The lowest BCUT2D eigenvalue weighted by Crippen LogP contribution is -2.30. The second kappa shape index (κ2) is 69.1. The van der Waals surface area contributed by atoms with Crippen LogP contribution < -0.4 is 0 Å². The molecule has 0 amide bonds. The van der Waals surface area contributed by atoms with Gasteiger partial charge in [-0.05, 0) is 70.6 Å². The molecular formula is C75H132O6. The van der Waals surface area contributed by atoms with E-state index in [1.165, 1.54) is 218 Å². The summed E-state index contributed by atoms with van der Waals surface area (Å²) in [5.74, 6) is -0.950. The Balaban J connectivity index is 4.07. The zero-order valence-electron chi connectivity index (χ0n) is 53.8. The van der Waals surface area contributed by atoms with Crippen LogP contribution in [0.3, 0.4) is 0 Å². The van der Waals surface area contributed by atoms with Crippen molar-refractivity contribution in [2.75, 3.05) is 13.2 Å². The molecule has 0 spiro atoms. The summed E-state index contributed by atoms with van der Waals surface area (Å²) in [4.78, 5) is 38.1. The van der Waals surface area contributed by atoms with Crippen molar-refractivity contribution in [1.29, 1.82) is 0 Å². The molecule has 6 heteroatoms. The van der Waals surface area contributed by atoms with E-state index in [1.54, 1.807) is 0 Å². The number of allylic oxidation sites excluding steroid dienone is 14. The highest BCUT2D eigenvalue weighted by Gasteiger charge is 2.19. The first-order valence-electron chi connectivity index (χ1n) is 35.1. The number of hydrogen-bond donors (Lipinski definition) is 0. The number of hydrogen-bond acceptors (Lipinski definition) is 6. The number of rotatable bonds is 64. The Hall–Kier alpha value is -3.41. The van der Waals surface area contributed by atoms with E-state index in [9.17, 15) is 14.4 Å². The third-order valence-electron chi connectivity index (χ3n) is 15.4. The number of unbranched alkanes of at least 4 members (excludes halogenated alkanes) is 39. The summed E-state index contributed by atoms with van der Waals surface area (Å²) in [6, 6.07) is 0. The molecule has 1 atom stereocenters. The highest BCUT2D eigenvalue weighted by atomic mass is 16.6. The monoisotopic (exact) mass is 1130 g/mol. The lowest BCUT2D eigenvalue weighted by Gasteiger charge is -2.18. The average Bonchev–Trinajstić information content (AvgIpc) is 3.46. The van der Waals surface area contributed by atoms with Crippen molar-refractivity contribution in [1.82, 2.24) is 0 Å². The fourth-order valence-corrected chi connectivity index (χ4v) is 10.2. The van der Waals surface area contributed by atoms with E-state index in [1.807, 2.05) is 0 Å². The van der Waals surface area contributed by atoms with E-state index >= 15 is 0 Å². The fourth-order valence-electron chi connectivity index (χ4n) is 10.2. The van der Waals surface area contributed by atoms with Gasteiger partial charge in [0.2, 0.25) is 0 Å². The molecular weight excluding hydrogens is 997 g/mol. The zero-order valence-corrected chi connectivity index (χ0v) is 53.8. The van der Waals surface area contributed by atoms with Crippen LogP contribution in [-0.2, 0) is 28.6 Å². The van der Waals surface area contributed by atoms with Crippen LogP contribution in [0.4, 0.5) is 0 Å². The smallest absolute Gasteiger partial charge is 0.306 e. The number of carbonyl (C=O) groups excluding carboxylic acids is 3. The van der Waals surface area contributed by atoms with Gasteiger partial charge in [0, 0.05) is 19.3 Å². The first kappa shape index (κ1) is 77.6. The van der Waals surface area contributed by atoms with Crippen LogP contribution in [0.2, 0.25) is 0 Å². The molecule has 0 aromatic carbocycles. The minimum atomic E-state index is -0.804. The Morgan fingerprint density at radius 2 is 0.481 bits per heavy atom. The fraction of sp³-hybridized carbons (Fsp3) is 0.773. The van der Waals surface area contributed by atoms with Gasteiger partial charge in [0.15, 0.2) is 6.10 Å². The molecule has 0 aliphatic carbocycles. The molecule has 0 aromatic heterocycles. The van der Waals surface area contributed by atoms with E-state index in [0.29, 0.717) is 19.3 Å². The molecule has 468 valence electrons. The molecule has 6 nitrogen and oxygen atoms in total. The maximum atomic E-state index is 12.8. The Morgan fingerprint density at radius 1 is 0.259 bits per heavy atom. The highest BCUT2D eigenvalue weighted by molar-refractivity contribution is 5.71. The van der Waals surface area contributed by atoms with Gasteiger partial charge in [0.05, 0.1) is 0 Å². The SMILES string of the molecule is CC/C=C\C/C=C\C/C=C\C/C=C\C/C=C\C/C=C\C/C=C\CCCC(=O)OC(COC(=O)CCCCCCCCC)COC(=O)CCCCCCCCCCCCCCCCCCCCCCCCCCCCCCCCCCC. The standard InChI is InChI=1S/C75H132O6/c1-4-7-10-13-16-18-20-22-24-26-28-30-32-33-34-35-36-37-38-39-40-41-43-44-46-48-50-52-54-56-59-62-65-68-74(77)80-71-72(70-79-73(76)67-64-61-58-15-12-9-6-3)81-75(78)69-66-63-60-57-55-53-51-49-47-45-42-31-29-27-25-23-21-19-17-14-11-8-5-2/h8,11,17,19,23,25,29,31,45,47,51,53,57,60,72H,4-7,9-10,12-16,18,20-22,24,26-28,30,32-44,46,48-50,52,54-56,58-59,61-71H2,1-3H3/b11-8-,19-17-,25-23-,31-29-,47-45-,53-51-,60-57-. The summed E-state index contributed by atoms with van der Waals surface area (Å²) in [5, 5.41) is 0. The predicted octanol–water partition coefficient (Wildman–Crippen LogP) is 24.2. The first-order valence-corrected chi connectivity index (χ1v) is 35.1. The van der Waals surface area contributed by atoms with Gasteiger partial charge >= 0.3 is 17.9 Å². The van der Waals surface area contributed by atoms with Gasteiger partial charge in [-0.3, -0.25) is 14.4 Å². The zero-order chi connectivity index (χ0) is 58.5. The maximum absolute atomic E-state index is 12.8. The van der Waals surface area contributed by atoms with E-state index in [2.05, 4.69) is 106 Å². The molecule has 1 unspecified atom stereocenters. The van der Waals surface area contributed by atoms with Gasteiger partial charge in [0.1, 0.15) is 13.2 Å². The summed E-state index contributed by atoms with van der Waals surface area (Å²) in [5.41, 5.74) is 0. The molecule has 0 saturated carbocycles. The van der Waals surface area contributed by atoms with Gasteiger partial charge in [-0.1, -0.05) is 350 Å². The maximum Gasteiger partial charge on any atom is 0.306 e. The molecule has 0 radical (unpaired) electrons. The molecule has 0 saturated heterocycles. The largest absolute Gasteiger partial charge is 0.462 e. The Labute approximate surface area is 503 Å². The summed E-state index contributed by atoms with van der Waals surface area (Å²) in [6.07, 6.45) is 92.4. The topological polar surface area (TPSA) is 78.9 Å². The molecule has 81 heavy (non-hydrogen) atoms. The molecule has 0 aromatic rings. The molecule has 0 N–H and O–H groups in total. The van der Waals surface area contributed by atoms with Crippen LogP contribution >= 0.6 is 0 Å². The molecule has 0 rings (SSSR count). The predicted molar refractivity (Wildman–Crippen MR) is 353 cm³/mol. The van der Waals surface area contributed by atoms with Crippen molar-refractivity contribution < 1.29 is 28.6 Å². The minimum absolute atomic E-state index is 0.0964. The van der Waals surface area contributed by atoms with Crippen molar-refractivity contribution in [3.8, 4) is 0 Å². The quantitative estimate of drug-likeness (QED) is 0.0261. The van der Waals surface area contributed by atoms with Crippen LogP contribution in [0, 0.1) is 0 Å². The second-order valence-electron chi connectivity index (χ2n) is 23.4. The van der Waals surface area contributed by atoms with Crippen LogP contribution in [0.25, 0.3) is 0 Å². The van der Waals surface area contributed by atoms with Gasteiger partial charge in [-0.2, -0.15) is 0 Å². The van der Waals surface area contributed by atoms with Crippen LogP contribution in [-0.4, -0.2) is 37.2 Å². The van der Waals surface area contributed by atoms with Crippen molar-refractivity contribution in [2.24, 2.45) is 0 Å². The highest BCUT2D eigenvalue weighted by Crippen LogP contribution is 2.18. The van der Waals surface area contributed by atoms with E-state index in [4.69, 9.17) is 14.2 Å². The lowest BCUT2D eigenvalue weighted by atomic mass is 10.0. The van der Waals surface area contributed by atoms with Crippen molar-refractivity contribution in [3.63, 3.8) is 0 Å². The van der Waals surface area contributed by atoms with Gasteiger partial charge in [-0.15, -0.1) is 0 Å². The normalized spacial score (nSPS) is 12.6. The van der Waals surface area contributed by atoms with E-state index in [0.717, 1.165) is 89.9 Å². The van der Waals surface area contributed by atoms with Crippen LogP contribution in [0.1, 0.15) is 355 Å². The Morgan fingerprint density at radius 3 is 0.741 bits per heavy atom. The average molecular weight is 1130 g/mol. The molecule has 0 aliphatic rings. The van der Waals surface area contributed by atoms with Gasteiger partial charge in [0.25, 0.3) is 0 Å². The summed E-state index contributed by atoms with van der Waals surface area (Å²) in [6.45, 7) is 6.48. The van der Waals surface area contributed by atoms with Crippen molar-refractivity contribution >= 4 is 17.9 Å². The first-order chi connectivity index (χ1) is 40.0. The van der Waals surface area contributed by atoms with Crippen molar-refractivity contribution in [2.45, 2.75) is 361 Å². The summed E-state index contributed by atoms with van der Waals surface area (Å²) >= 11 is 0. The minimum Gasteiger partial charge on any atom is -0.462 e. The molecule has 0 bridgehead atoms. The molecule has 0 heterocycles. The number of ether oxygens (including phenoxy) is 3. The van der Waals surface area contributed by atoms with Crippen molar-refractivity contribution in [3.05, 3.63) is 85.1 Å². The Bertz CT molecular complexity index is 1530. The Kier molecular flexibility index (Phi) is 66.2. The second-order valence-corrected chi connectivity index (χ2v) is 23.4. The van der Waals surface area contributed by atoms with E-state index < -0.39 is 6.10 Å². The van der Waals surface area contributed by atoms with Crippen LogP contribution in [0.5, 0.6) is 0 Å².